The van der Waals surface area contributed by atoms with Gasteiger partial charge in [-0.2, -0.15) is 4.80 Å². The van der Waals surface area contributed by atoms with Gasteiger partial charge in [-0.3, -0.25) is 0 Å². The lowest BCUT2D eigenvalue weighted by atomic mass is 10.1. The van der Waals surface area contributed by atoms with Crippen LogP contribution in [0.5, 0.6) is 0 Å². The SMILES string of the molecule is Cc1ccc(-c2nnn(C[C@H](O)COCc3ccc(Cl)cc3)n2)cc1. The van der Waals surface area contributed by atoms with E-state index in [0.717, 1.165) is 11.1 Å². The summed E-state index contributed by atoms with van der Waals surface area (Å²) in [7, 11) is 0. The third-order valence-electron chi connectivity index (χ3n) is 3.63. The van der Waals surface area contributed by atoms with Crippen molar-refractivity contribution >= 4 is 11.6 Å². The van der Waals surface area contributed by atoms with Crippen molar-refractivity contribution in [1.29, 1.82) is 0 Å². The van der Waals surface area contributed by atoms with Gasteiger partial charge in [-0.25, -0.2) is 0 Å². The monoisotopic (exact) mass is 358 g/mol. The Morgan fingerprint density at radius 1 is 1.12 bits per heavy atom. The summed E-state index contributed by atoms with van der Waals surface area (Å²) in [5.41, 5.74) is 3.06. The minimum absolute atomic E-state index is 0.185. The Hall–Kier alpha value is -2.28. The van der Waals surface area contributed by atoms with Crippen LogP contribution in [-0.2, 0) is 17.9 Å². The highest BCUT2D eigenvalue weighted by Crippen LogP contribution is 2.14. The number of aryl methyl sites for hydroxylation is 1. The number of aliphatic hydroxyl groups excluding tert-OH is 1. The molecule has 0 saturated carbocycles. The fourth-order valence-electron chi connectivity index (χ4n) is 2.27. The Balaban J connectivity index is 1.48. The molecule has 0 aliphatic heterocycles. The summed E-state index contributed by atoms with van der Waals surface area (Å²) in [4.78, 5) is 1.38. The number of nitrogens with zero attached hydrogens (tertiary/aromatic N) is 4. The summed E-state index contributed by atoms with van der Waals surface area (Å²) < 4.78 is 5.52. The highest BCUT2D eigenvalue weighted by Gasteiger charge is 2.10. The third kappa shape index (κ3) is 5.09. The van der Waals surface area contributed by atoms with Crippen molar-refractivity contribution in [3.63, 3.8) is 0 Å². The van der Waals surface area contributed by atoms with Gasteiger partial charge in [0.25, 0.3) is 0 Å². The summed E-state index contributed by atoms with van der Waals surface area (Å²) in [6.45, 7) is 2.84. The van der Waals surface area contributed by atoms with Crippen molar-refractivity contribution in [1.82, 2.24) is 20.2 Å². The molecule has 0 fully saturated rings. The summed E-state index contributed by atoms with van der Waals surface area (Å²) in [5, 5.41) is 23.0. The number of tetrazole rings is 1. The summed E-state index contributed by atoms with van der Waals surface area (Å²) in [5.74, 6) is 0.536. The predicted octanol–water partition coefficient (Wildman–Crippen LogP) is 2.88. The number of aromatic nitrogens is 4. The van der Waals surface area contributed by atoms with Gasteiger partial charge in [0.15, 0.2) is 0 Å². The molecule has 0 aliphatic rings. The lowest BCUT2D eigenvalue weighted by Crippen LogP contribution is -2.23. The summed E-state index contributed by atoms with van der Waals surface area (Å²) in [6.07, 6.45) is -0.715. The second-order valence-corrected chi connectivity index (χ2v) is 6.27. The van der Waals surface area contributed by atoms with Crippen LogP contribution in [0.3, 0.4) is 0 Å². The minimum atomic E-state index is -0.715. The maximum absolute atomic E-state index is 10.1. The number of ether oxygens (including phenoxy) is 1. The van der Waals surface area contributed by atoms with Crippen LogP contribution >= 0.6 is 11.6 Å². The molecule has 0 unspecified atom stereocenters. The van der Waals surface area contributed by atoms with E-state index >= 15 is 0 Å². The molecule has 0 radical (unpaired) electrons. The van der Waals surface area contributed by atoms with Gasteiger partial charge in [0, 0.05) is 10.6 Å². The molecular formula is C18H19ClN4O2. The van der Waals surface area contributed by atoms with Crippen molar-refractivity contribution in [3.8, 4) is 11.4 Å². The minimum Gasteiger partial charge on any atom is -0.389 e. The topological polar surface area (TPSA) is 73.1 Å². The molecule has 0 saturated heterocycles. The van der Waals surface area contributed by atoms with E-state index in [1.165, 1.54) is 10.4 Å². The highest BCUT2D eigenvalue weighted by atomic mass is 35.5. The zero-order valence-electron chi connectivity index (χ0n) is 13.8. The van der Waals surface area contributed by atoms with Crippen LogP contribution in [0, 0.1) is 6.92 Å². The molecule has 6 nitrogen and oxygen atoms in total. The van der Waals surface area contributed by atoms with E-state index in [1.54, 1.807) is 0 Å². The first-order chi connectivity index (χ1) is 12.1. The first kappa shape index (κ1) is 17.5. The van der Waals surface area contributed by atoms with E-state index < -0.39 is 6.10 Å². The molecule has 1 aromatic heterocycles. The van der Waals surface area contributed by atoms with Gasteiger partial charge < -0.3 is 9.84 Å². The smallest absolute Gasteiger partial charge is 0.204 e. The van der Waals surface area contributed by atoms with Crippen molar-refractivity contribution in [2.24, 2.45) is 0 Å². The second-order valence-electron chi connectivity index (χ2n) is 5.83. The molecule has 0 bridgehead atoms. The lowest BCUT2D eigenvalue weighted by Gasteiger charge is -2.10. The van der Waals surface area contributed by atoms with E-state index in [1.807, 2.05) is 55.5 Å². The van der Waals surface area contributed by atoms with Crippen molar-refractivity contribution in [2.45, 2.75) is 26.2 Å². The Morgan fingerprint density at radius 2 is 1.84 bits per heavy atom. The molecule has 25 heavy (non-hydrogen) atoms. The average Bonchev–Trinajstić information content (AvgIpc) is 3.06. The maximum atomic E-state index is 10.1. The molecular weight excluding hydrogens is 340 g/mol. The zero-order chi connectivity index (χ0) is 17.6. The molecule has 0 spiro atoms. The van der Waals surface area contributed by atoms with E-state index in [-0.39, 0.29) is 13.2 Å². The summed E-state index contributed by atoms with van der Waals surface area (Å²) >= 11 is 5.84. The number of rotatable bonds is 7. The Morgan fingerprint density at radius 3 is 2.56 bits per heavy atom. The molecule has 3 rings (SSSR count). The molecule has 1 heterocycles. The van der Waals surface area contributed by atoms with Gasteiger partial charge in [0.05, 0.1) is 25.9 Å². The lowest BCUT2D eigenvalue weighted by molar-refractivity contribution is 0.0165. The Labute approximate surface area is 151 Å². The van der Waals surface area contributed by atoms with Crippen molar-refractivity contribution < 1.29 is 9.84 Å². The molecule has 2 aromatic carbocycles. The molecule has 0 amide bonds. The van der Waals surface area contributed by atoms with Gasteiger partial charge >= 0.3 is 0 Å². The van der Waals surface area contributed by atoms with Crippen LogP contribution in [0.25, 0.3) is 11.4 Å². The molecule has 1 atom stereocenters. The normalized spacial score (nSPS) is 12.3. The van der Waals surface area contributed by atoms with Gasteiger partial charge in [-0.05, 0) is 29.8 Å². The number of benzene rings is 2. The number of halogens is 1. The Bertz CT molecular complexity index is 803. The van der Waals surface area contributed by atoms with Gasteiger partial charge in [0.1, 0.15) is 0 Å². The van der Waals surface area contributed by atoms with E-state index in [4.69, 9.17) is 16.3 Å². The highest BCUT2D eigenvalue weighted by molar-refractivity contribution is 6.30. The fraction of sp³-hybridized carbons (Fsp3) is 0.278. The number of aliphatic hydroxyl groups is 1. The molecule has 7 heteroatoms. The largest absolute Gasteiger partial charge is 0.389 e. The average molecular weight is 359 g/mol. The van der Waals surface area contributed by atoms with Gasteiger partial charge in [0.2, 0.25) is 5.82 Å². The van der Waals surface area contributed by atoms with E-state index in [2.05, 4.69) is 15.4 Å². The van der Waals surface area contributed by atoms with Crippen LogP contribution in [0.1, 0.15) is 11.1 Å². The van der Waals surface area contributed by atoms with Gasteiger partial charge in [-0.15, -0.1) is 10.2 Å². The van der Waals surface area contributed by atoms with Crippen molar-refractivity contribution in [3.05, 3.63) is 64.7 Å². The van der Waals surface area contributed by atoms with E-state index in [9.17, 15) is 5.11 Å². The van der Waals surface area contributed by atoms with Crippen LogP contribution in [0.15, 0.2) is 48.5 Å². The number of hydrogen-bond acceptors (Lipinski definition) is 5. The molecule has 3 aromatic rings. The maximum Gasteiger partial charge on any atom is 0.204 e. The quantitative estimate of drug-likeness (QED) is 0.703. The van der Waals surface area contributed by atoms with Crippen molar-refractivity contribution in [2.75, 3.05) is 6.61 Å². The first-order valence-corrected chi connectivity index (χ1v) is 8.33. The standard InChI is InChI=1S/C18H19ClN4O2/c1-13-2-6-15(7-3-13)18-20-22-23(21-18)10-17(24)12-25-11-14-4-8-16(19)9-5-14/h2-9,17,24H,10-12H2,1H3/t17-/m0/s1. The third-order valence-corrected chi connectivity index (χ3v) is 3.88. The predicted molar refractivity (Wildman–Crippen MR) is 95.1 cm³/mol. The second kappa shape index (κ2) is 8.20. The first-order valence-electron chi connectivity index (χ1n) is 7.95. The van der Waals surface area contributed by atoms with Crippen LogP contribution in [0.4, 0.5) is 0 Å². The summed E-state index contributed by atoms with van der Waals surface area (Å²) in [6, 6.07) is 15.3. The molecule has 1 N–H and O–H groups in total. The molecule has 130 valence electrons. The zero-order valence-corrected chi connectivity index (χ0v) is 14.6. The Kier molecular flexibility index (Phi) is 5.75. The fourth-order valence-corrected chi connectivity index (χ4v) is 2.40. The number of hydrogen-bond donors (Lipinski definition) is 1. The molecule has 0 aliphatic carbocycles. The van der Waals surface area contributed by atoms with Crippen LogP contribution in [0.2, 0.25) is 5.02 Å². The van der Waals surface area contributed by atoms with E-state index in [0.29, 0.717) is 17.5 Å². The van der Waals surface area contributed by atoms with Gasteiger partial charge in [-0.1, -0.05) is 53.6 Å². The van der Waals surface area contributed by atoms with Crippen LogP contribution < -0.4 is 0 Å². The van der Waals surface area contributed by atoms with Crippen LogP contribution in [-0.4, -0.2) is 38.0 Å².